The second-order valence-electron chi connectivity index (χ2n) is 4.62. The van der Waals surface area contributed by atoms with Crippen molar-refractivity contribution in [2.75, 3.05) is 10.6 Å². The summed E-state index contributed by atoms with van der Waals surface area (Å²) in [6.45, 7) is 3.14. The lowest BCUT2D eigenvalue weighted by Gasteiger charge is -2.07. The molecular formula is C15H14N2O4S. The van der Waals surface area contributed by atoms with Crippen molar-refractivity contribution in [3.63, 3.8) is 0 Å². The average Bonchev–Trinajstić information content (AvgIpc) is 2.79. The average molecular weight is 318 g/mol. The molecule has 0 aliphatic carbocycles. The predicted octanol–water partition coefficient (Wildman–Crippen LogP) is 2.97. The highest BCUT2D eigenvalue weighted by molar-refractivity contribution is 7.16. The Labute approximate surface area is 130 Å². The van der Waals surface area contributed by atoms with Gasteiger partial charge < -0.3 is 15.7 Å². The van der Waals surface area contributed by atoms with Crippen LogP contribution in [-0.2, 0) is 4.79 Å². The Morgan fingerprint density at radius 3 is 2.50 bits per heavy atom. The molecule has 2 rings (SSSR count). The van der Waals surface area contributed by atoms with Gasteiger partial charge >= 0.3 is 5.97 Å². The van der Waals surface area contributed by atoms with E-state index in [2.05, 4.69) is 10.6 Å². The highest BCUT2D eigenvalue weighted by Gasteiger charge is 2.17. The molecule has 0 saturated carbocycles. The van der Waals surface area contributed by atoms with Crippen molar-refractivity contribution in [2.45, 2.75) is 13.8 Å². The molecule has 7 heteroatoms. The van der Waals surface area contributed by atoms with Gasteiger partial charge in [0.25, 0.3) is 5.91 Å². The Balaban J connectivity index is 2.22. The molecule has 0 unspecified atom stereocenters. The Hall–Kier alpha value is -2.67. The van der Waals surface area contributed by atoms with E-state index in [0.717, 1.165) is 4.88 Å². The number of hydrogen-bond donors (Lipinski definition) is 3. The lowest BCUT2D eigenvalue weighted by atomic mass is 10.2. The minimum atomic E-state index is -1.09. The standard InChI is InChI=1S/C15H14N2O4S/c1-8-6-12(15(20)21)14(22-8)17-13(19)10-4-3-5-11(7-10)16-9(2)18/h3-7H,1-2H3,(H,16,18)(H,17,19)(H,20,21). The number of thiophene rings is 1. The molecule has 0 spiro atoms. The molecule has 0 saturated heterocycles. The molecule has 1 aromatic carbocycles. The summed E-state index contributed by atoms with van der Waals surface area (Å²) in [5, 5.41) is 14.6. The molecular weight excluding hydrogens is 304 g/mol. The minimum absolute atomic E-state index is 0.0638. The summed E-state index contributed by atoms with van der Waals surface area (Å²) in [6, 6.07) is 7.92. The van der Waals surface area contributed by atoms with Gasteiger partial charge in [0.05, 0.1) is 5.56 Å². The van der Waals surface area contributed by atoms with Crippen LogP contribution in [0.5, 0.6) is 0 Å². The maximum Gasteiger partial charge on any atom is 0.338 e. The van der Waals surface area contributed by atoms with E-state index in [-0.39, 0.29) is 11.5 Å². The molecule has 6 nitrogen and oxygen atoms in total. The summed E-state index contributed by atoms with van der Waals surface area (Å²) >= 11 is 1.20. The summed E-state index contributed by atoms with van der Waals surface area (Å²) in [4.78, 5) is 35.2. The first kappa shape index (κ1) is 15.7. The lowest BCUT2D eigenvalue weighted by Crippen LogP contribution is -2.14. The first-order chi connectivity index (χ1) is 10.4. The van der Waals surface area contributed by atoms with Gasteiger partial charge in [-0.3, -0.25) is 9.59 Å². The van der Waals surface area contributed by atoms with Crippen molar-refractivity contribution in [3.05, 3.63) is 46.3 Å². The number of amides is 2. The van der Waals surface area contributed by atoms with Crippen molar-refractivity contribution in [1.82, 2.24) is 0 Å². The number of carboxylic acid groups (broad SMARTS) is 1. The largest absolute Gasteiger partial charge is 0.478 e. The smallest absolute Gasteiger partial charge is 0.338 e. The van der Waals surface area contributed by atoms with Crippen molar-refractivity contribution in [1.29, 1.82) is 0 Å². The molecule has 3 N–H and O–H groups in total. The van der Waals surface area contributed by atoms with Crippen molar-refractivity contribution < 1.29 is 19.5 Å². The van der Waals surface area contributed by atoms with Gasteiger partial charge in [0.15, 0.2) is 0 Å². The SMILES string of the molecule is CC(=O)Nc1cccc(C(=O)Nc2sc(C)cc2C(=O)O)c1. The summed E-state index contributed by atoms with van der Waals surface area (Å²) in [7, 11) is 0. The zero-order valence-electron chi connectivity index (χ0n) is 12.0. The van der Waals surface area contributed by atoms with E-state index < -0.39 is 11.9 Å². The van der Waals surface area contributed by atoms with Crippen LogP contribution in [0.1, 0.15) is 32.5 Å². The third kappa shape index (κ3) is 3.70. The van der Waals surface area contributed by atoms with Crippen LogP contribution in [0.25, 0.3) is 0 Å². The molecule has 0 bridgehead atoms. The summed E-state index contributed by atoms with van der Waals surface area (Å²) < 4.78 is 0. The fourth-order valence-electron chi connectivity index (χ4n) is 1.88. The highest BCUT2D eigenvalue weighted by atomic mass is 32.1. The number of carboxylic acids is 1. The molecule has 0 fully saturated rings. The fraction of sp³-hybridized carbons (Fsp3) is 0.133. The number of anilines is 2. The van der Waals surface area contributed by atoms with Crippen LogP contribution in [0.4, 0.5) is 10.7 Å². The van der Waals surface area contributed by atoms with E-state index in [4.69, 9.17) is 5.11 Å². The maximum absolute atomic E-state index is 12.2. The fourth-order valence-corrected chi connectivity index (χ4v) is 2.78. The first-order valence-electron chi connectivity index (χ1n) is 6.39. The topological polar surface area (TPSA) is 95.5 Å². The molecule has 0 radical (unpaired) electrons. The number of carbonyl (C=O) groups excluding carboxylic acids is 2. The second-order valence-corrected chi connectivity index (χ2v) is 5.88. The Kier molecular flexibility index (Phi) is 4.57. The lowest BCUT2D eigenvalue weighted by molar-refractivity contribution is -0.114. The Morgan fingerprint density at radius 1 is 1.14 bits per heavy atom. The zero-order valence-corrected chi connectivity index (χ0v) is 12.8. The number of nitrogens with one attached hydrogen (secondary N) is 2. The van der Waals surface area contributed by atoms with E-state index in [1.807, 2.05) is 0 Å². The van der Waals surface area contributed by atoms with Crippen LogP contribution in [0.2, 0.25) is 0 Å². The normalized spacial score (nSPS) is 10.1. The Morgan fingerprint density at radius 2 is 1.86 bits per heavy atom. The second kappa shape index (κ2) is 6.40. The first-order valence-corrected chi connectivity index (χ1v) is 7.21. The zero-order chi connectivity index (χ0) is 16.3. The quantitative estimate of drug-likeness (QED) is 0.807. The molecule has 2 aromatic rings. The van der Waals surface area contributed by atoms with Crippen LogP contribution in [0.3, 0.4) is 0 Å². The number of rotatable bonds is 4. The van der Waals surface area contributed by atoms with Crippen LogP contribution >= 0.6 is 11.3 Å². The van der Waals surface area contributed by atoms with Gasteiger partial charge in [-0.25, -0.2) is 4.79 Å². The summed E-state index contributed by atoms with van der Waals surface area (Å²) in [5.74, 6) is -1.76. The van der Waals surface area contributed by atoms with Gasteiger partial charge in [-0.15, -0.1) is 11.3 Å². The minimum Gasteiger partial charge on any atom is -0.478 e. The van der Waals surface area contributed by atoms with Gasteiger partial charge in [-0.1, -0.05) is 6.07 Å². The molecule has 1 aromatic heterocycles. The van der Waals surface area contributed by atoms with Crippen molar-refractivity contribution in [3.8, 4) is 0 Å². The predicted molar refractivity (Wildman–Crippen MR) is 84.7 cm³/mol. The van der Waals surface area contributed by atoms with Gasteiger partial charge in [0.1, 0.15) is 5.00 Å². The van der Waals surface area contributed by atoms with Gasteiger partial charge in [0, 0.05) is 23.1 Å². The third-order valence-electron chi connectivity index (χ3n) is 2.76. The van der Waals surface area contributed by atoms with Crippen LogP contribution < -0.4 is 10.6 Å². The van der Waals surface area contributed by atoms with E-state index in [9.17, 15) is 14.4 Å². The van der Waals surface area contributed by atoms with Crippen LogP contribution in [0.15, 0.2) is 30.3 Å². The summed E-state index contributed by atoms with van der Waals surface area (Å²) in [6.07, 6.45) is 0. The maximum atomic E-state index is 12.2. The number of benzene rings is 1. The molecule has 114 valence electrons. The van der Waals surface area contributed by atoms with Crippen LogP contribution in [0, 0.1) is 6.92 Å². The van der Waals surface area contributed by atoms with Crippen molar-refractivity contribution >= 4 is 39.8 Å². The number of carbonyl (C=O) groups is 3. The molecule has 22 heavy (non-hydrogen) atoms. The monoisotopic (exact) mass is 318 g/mol. The van der Waals surface area contributed by atoms with Gasteiger partial charge in [0.2, 0.25) is 5.91 Å². The molecule has 0 atom stereocenters. The van der Waals surface area contributed by atoms with E-state index in [0.29, 0.717) is 16.3 Å². The Bertz CT molecular complexity index is 752. The molecule has 1 heterocycles. The van der Waals surface area contributed by atoms with Crippen molar-refractivity contribution in [2.24, 2.45) is 0 Å². The number of aromatic carboxylic acids is 1. The van der Waals surface area contributed by atoms with Crippen LogP contribution in [-0.4, -0.2) is 22.9 Å². The van der Waals surface area contributed by atoms with E-state index >= 15 is 0 Å². The highest BCUT2D eigenvalue weighted by Crippen LogP contribution is 2.28. The van der Waals surface area contributed by atoms with Gasteiger partial charge in [-0.05, 0) is 31.2 Å². The number of hydrogen-bond acceptors (Lipinski definition) is 4. The molecule has 2 amide bonds. The third-order valence-corrected chi connectivity index (χ3v) is 3.72. The molecule has 0 aliphatic rings. The van der Waals surface area contributed by atoms with E-state index in [1.165, 1.54) is 30.4 Å². The van der Waals surface area contributed by atoms with E-state index in [1.54, 1.807) is 25.1 Å². The van der Waals surface area contributed by atoms with Gasteiger partial charge in [-0.2, -0.15) is 0 Å². The molecule has 0 aliphatic heterocycles. The summed E-state index contributed by atoms with van der Waals surface area (Å²) in [5.41, 5.74) is 0.892. The number of aryl methyl sites for hydroxylation is 1.